The standard InChI is InChI=1S/C21H18N4O3/c22-21(27)17-11-19(13-24-12-17)28-14-16-2-1-3-18(10-16)25-20(26)5-4-15-6-8-23-9-7-15/h1-13H,14H2,(H2,22,27)(H,25,26). The Morgan fingerprint density at radius 3 is 2.68 bits per heavy atom. The van der Waals surface area contributed by atoms with Crippen molar-refractivity contribution in [1.82, 2.24) is 9.97 Å². The van der Waals surface area contributed by atoms with Crippen molar-refractivity contribution >= 4 is 23.6 Å². The van der Waals surface area contributed by atoms with Crippen molar-refractivity contribution in [1.29, 1.82) is 0 Å². The normalized spacial score (nSPS) is 10.6. The van der Waals surface area contributed by atoms with Crippen LogP contribution in [0.1, 0.15) is 21.5 Å². The van der Waals surface area contributed by atoms with Crippen LogP contribution in [0.2, 0.25) is 0 Å². The Hall–Kier alpha value is -4.00. The van der Waals surface area contributed by atoms with Crippen molar-refractivity contribution in [3.63, 3.8) is 0 Å². The van der Waals surface area contributed by atoms with E-state index in [0.717, 1.165) is 11.1 Å². The Labute approximate surface area is 161 Å². The largest absolute Gasteiger partial charge is 0.487 e. The molecule has 0 aliphatic carbocycles. The van der Waals surface area contributed by atoms with E-state index in [1.54, 1.807) is 24.5 Å². The number of nitrogens with zero attached hydrogens (tertiary/aromatic N) is 2. The van der Waals surface area contributed by atoms with Gasteiger partial charge in [0.05, 0.1) is 11.8 Å². The van der Waals surface area contributed by atoms with Crippen LogP contribution in [0.15, 0.2) is 73.3 Å². The van der Waals surface area contributed by atoms with Gasteiger partial charge < -0.3 is 15.8 Å². The Kier molecular flexibility index (Phi) is 6.10. The molecular weight excluding hydrogens is 356 g/mol. The fourth-order valence-electron chi connectivity index (χ4n) is 2.37. The number of nitrogens with two attached hydrogens (primary N) is 1. The number of carbonyl (C=O) groups excluding carboxylic acids is 2. The zero-order chi connectivity index (χ0) is 19.8. The van der Waals surface area contributed by atoms with E-state index in [0.29, 0.717) is 11.4 Å². The number of pyridine rings is 2. The molecule has 2 amide bonds. The number of anilines is 1. The molecule has 0 bridgehead atoms. The summed E-state index contributed by atoms with van der Waals surface area (Å²) in [4.78, 5) is 31.1. The molecule has 140 valence electrons. The highest BCUT2D eigenvalue weighted by atomic mass is 16.5. The van der Waals surface area contributed by atoms with Crippen LogP contribution in [0.5, 0.6) is 5.75 Å². The van der Waals surface area contributed by atoms with Crippen LogP contribution >= 0.6 is 0 Å². The molecule has 0 fully saturated rings. The van der Waals surface area contributed by atoms with Crippen molar-refractivity contribution in [2.45, 2.75) is 6.61 Å². The number of hydrogen-bond acceptors (Lipinski definition) is 5. The Balaban J connectivity index is 1.59. The first kappa shape index (κ1) is 18.8. The van der Waals surface area contributed by atoms with Gasteiger partial charge in [0.2, 0.25) is 11.8 Å². The van der Waals surface area contributed by atoms with Gasteiger partial charge in [0.1, 0.15) is 12.4 Å². The van der Waals surface area contributed by atoms with Gasteiger partial charge in [-0.1, -0.05) is 12.1 Å². The summed E-state index contributed by atoms with van der Waals surface area (Å²) < 4.78 is 5.65. The number of ether oxygens (including phenoxy) is 1. The molecule has 3 rings (SSSR count). The summed E-state index contributed by atoms with van der Waals surface area (Å²) in [7, 11) is 0. The van der Waals surface area contributed by atoms with Gasteiger partial charge in [-0.25, -0.2) is 0 Å². The number of carbonyl (C=O) groups is 2. The average molecular weight is 374 g/mol. The maximum atomic E-state index is 12.1. The molecule has 0 radical (unpaired) electrons. The third-order valence-corrected chi connectivity index (χ3v) is 3.73. The molecule has 0 saturated heterocycles. The lowest BCUT2D eigenvalue weighted by Gasteiger charge is -2.08. The summed E-state index contributed by atoms with van der Waals surface area (Å²) in [6, 6.07) is 12.4. The minimum absolute atomic E-state index is 0.242. The monoisotopic (exact) mass is 374 g/mol. The highest BCUT2D eigenvalue weighted by molar-refractivity contribution is 6.01. The van der Waals surface area contributed by atoms with Crippen molar-refractivity contribution in [3.05, 3.63) is 90.0 Å². The molecule has 0 spiro atoms. The summed E-state index contributed by atoms with van der Waals surface area (Å²) in [5.74, 6) is -0.373. The molecule has 2 aromatic heterocycles. The summed E-state index contributed by atoms with van der Waals surface area (Å²) in [6.07, 6.45) is 9.38. The maximum absolute atomic E-state index is 12.1. The van der Waals surface area contributed by atoms with Crippen LogP contribution in [0.3, 0.4) is 0 Å². The third-order valence-electron chi connectivity index (χ3n) is 3.73. The van der Waals surface area contributed by atoms with E-state index in [1.807, 2.05) is 30.3 Å². The van der Waals surface area contributed by atoms with Crippen molar-refractivity contribution in [2.75, 3.05) is 5.32 Å². The van der Waals surface area contributed by atoms with Crippen LogP contribution in [0, 0.1) is 0 Å². The zero-order valence-corrected chi connectivity index (χ0v) is 14.9. The van der Waals surface area contributed by atoms with Crippen LogP contribution in [-0.2, 0) is 11.4 Å². The van der Waals surface area contributed by atoms with E-state index in [1.165, 1.54) is 24.5 Å². The molecule has 0 saturated carbocycles. The fraction of sp³-hybridized carbons (Fsp3) is 0.0476. The van der Waals surface area contributed by atoms with Gasteiger partial charge in [0.15, 0.2) is 0 Å². The number of aromatic nitrogens is 2. The summed E-state index contributed by atoms with van der Waals surface area (Å²) in [5.41, 5.74) is 7.90. The SMILES string of the molecule is NC(=O)c1cncc(OCc2cccc(NC(=O)C=Cc3ccncc3)c2)c1. The van der Waals surface area contributed by atoms with Gasteiger partial charge in [-0.15, -0.1) is 0 Å². The summed E-state index contributed by atoms with van der Waals surface area (Å²) in [6.45, 7) is 0.250. The van der Waals surface area contributed by atoms with Crippen LogP contribution in [0.25, 0.3) is 6.08 Å². The van der Waals surface area contributed by atoms with E-state index in [4.69, 9.17) is 10.5 Å². The lowest BCUT2D eigenvalue weighted by Crippen LogP contribution is -2.11. The van der Waals surface area contributed by atoms with Gasteiger partial charge in [-0.05, 0) is 47.5 Å². The predicted octanol–water partition coefficient (Wildman–Crippen LogP) is 2.81. The number of rotatable bonds is 7. The quantitative estimate of drug-likeness (QED) is 0.619. The minimum atomic E-state index is -0.567. The number of primary amides is 1. The lowest BCUT2D eigenvalue weighted by atomic mass is 10.2. The molecule has 0 aliphatic heterocycles. The fourth-order valence-corrected chi connectivity index (χ4v) is 2.37. The second kappa shape index (κ2) is 9.09. The molecule has 0 aliphatic rings. The topological polar surface area (TPSA) is 107 Å². The van der Waals surface area contributed by atoms with Gasteiger partial charge in [0.25, 0.3) is 0 Å². The van der Waals surface area contributed by atoms with Crippen LogP contribution in [-0.4, -0.2) is 21.8 Å². The third kappa shape index (κ3) is 5.50. The van der Waals surface area contributed by atoms with Gasteiger partial charge in [0, 0.05) is 30.4 Å². The van der Waals surface area contributed by atoms with Crippen LogP contribution < -0.4 is 15.8 Å². The Morgan fingerprint density at radius 1 is 1.07 bits per heavy atom. The smallest absolute Gasteiger partial charge is 0.250 e. The number of nitrogens with one attached hydrogen (secondary N) is 1. The number of hydrogen-bond donors (Lipinski definition) is 2. The first-order valence-corrected chi connectivity index (χ1v) is 8.46. The molecule has 7 heteroatoms. The lowest BCUT2D eigenvalue weighted by molar-refractivity contribution is -0.111. The average Bonchev–Trinajstić information content (AvgIpc) is 2.72. The number of benzene rings is 1. The molecule has 7 nitrogen and oxygen atoms in total. The van der Waals surface area contributed by atoms with Gasteiger partial charge in [-0.3, -0.25) is 19.6 Å². The molecular formula is C21H18N4O3. The Morgan fingerprint density at radius 2 is 1.89 bits per heavy atom. The predicted molar refractivity (Wildman–Crippen MR) is 105 cm³/mol. The molecule has 3 aromatic rings. The minimum Gasteiger partial charge on any atom is -0.487 e. The van der Waals surface area contributed by atoms with E-state index in [-0.39, 0.29) is 18.1 Å². The first-order chi connectivity index (χ1) is 13.6. The molecule has 3 N–H and O–H groups in total. The van der Waals surface area contributed by atoms with E-state index >= 15 is 0 Å². The number of amides is 2. The first-order valence-electron chi connectivity index (χ1n) is 8.46. The molecule has 0 unspecified atom stereocenters. The second-order valence-corrected chi connectivity index (χ2v) is 5.87. The molecule has 1 aromatic carbocycles. The van der Waals surface area contributed by atoms with Crippen LogP contribution in [0.4, 0.5) is 5.69 Å². The molecule has 0 atom stereocenters. The van der Waals surface area contributed by atoms with Crippen molar-refractivity contribution in [3.8, 4) is 5.75 Å². The highest BCUT2D eigenvalue weighted by Gasteiger charge is 2.04. The Bertz CT molecular complexity index is 1000. The summed E-state index contributed by atoms with van der Waals surface area (Å²) >= 11 is 0. The van der Waals surface area contributed by atoms with Crippen molar-refractivity contribution in [2.24, 2.45) is 5.73 Å². The molecule has 28 heavy (non-hydrogen) atoms. The van der Waals surface area contributed by atoms with Crippen molar-refractivity contribution < 1.29 is 14.3 Å². The van der Waals surface area contributed by atoms with E-state index in [9.17, 15) is 9.59 Å². The second-order valence-electron chi connectivity index (χ2n) is 5.87. The van der Waals surface area contributed by atoms with Gasteiger partial charge in [-0.2, -0.15) is 0 Å². The maximum Gasteiger partial charge on any atom is 0.250 e. The molecule has 2 heterocycles. The van der Waals surface area contributed by atoms with E-state index in [2.05, 4.69) is 15.3 Å². The zero-order valence-electron chi connectivity index (χ0n) is 14.9. The summed E-state index contributed by atoms with van der Waals surface area (Å²) in [5, 5.41) is 2.80. The highest BCUT2D eigenvalue weighted by Crippen LogP contribution is 2.16. The van der Waals surface area contributed by atoms with E-state index < -0.39 is 5.91 Å². The van der Waals surface area contributed by atoms with Gasteiger partial charge >= 0.3 is 0 Å².